The Kier molecular flexibility index (Phi) is 4.49. The smallest absolute Gasteiger partial charge is 0.229 e. The highest BCUT2D eigenvalue weighted by Gasteiger charge is 2.28. The van der Waals surface area contributed by atoms with Gasteiger partial charge in [0.1, 0.15) is 0 Å². The van der Waals surface area contributed by atoms with Gasteiger partial charge in [-0.25, -0.2) is 0 Å². The molecule has 1 amide bonds. The van der Waals surface area contributed by atoms with Gasteiger partial charge >= 0.3 is 0 Å². The fraction of sp³-hybridized carbons (Fsp3) is 0.462. The molecule has 2 unspecified atom stereocenters. The lowest BCUT2D eigenvalue weighted by Crippen LogP contribution is -2.40. The zero-order valence-electron chi connectivity index (χ0n) is 9.96. The summed E-state index contributed by atoms with van der Waals surface area (Å²) in [5.41, 5.74) is 6.57. The van der Waals surface area contributed by atoms with Gasteiger partial charge in [0.05, 0.1) is 16.6 Å². The lowest BCUT2D eigenvalue weighted by Gasteiger charge is -2.27. The van der Waals surface area contributed by atoms with Crippen LogP contribution in [0.25, 0.3) is 0 Å². The zero-order chi connectivity index (χ0) is 13.1. The van der Waals surface area contributed by atoms with Crippen LogP contribution in [0.5, 0.6) is 0 Å². The quantitative estimate of drug-likeness (QED) is 0.875. The minimum absolute atomic E-state index is 0.0496. The van der Waals surface area contributed by atoms with Crippen molar-refractivity contribution < 1.29 is 4.79 Å². The fourth-order valence-corrected chi connectivity index (χ4v) is 2.76. The van der Waals surface area contributed by atoms with E-state index >= 15 is 0 Å². The number of nitrogens with two attached hydrogens (primary N) is 1. The molecule has 2 atom stereocenters. The molecule has 1 aromatic carbocycles. The molecular formula is C13H16Cl2N2O. The van der Waals surface area contributed by atoms with Crippen molar-refractivity contribution >= 4 is 34.8 Å². The second-order valence-electron chi connectivity index (χ2n) is 4.67. The molecule has 1 aliphatic rings. The Hall–Kier alpha value is -0.770. The summed E-state index contributed by atoms with van der Waals surface area (Å²) >= 11 is 11.8. The highest BCUT2D eigenvalue weighted by atomic mass is 35.5. The summed E-state index contributed by atoms with van der Waals surface area (Å²) in [7, 11) is 0. The molecule has 18 heavy (non-hydrogen) atoms. The van der Waals surface area contributed by atoms with Crippen LogP contribution in [0.2, 0.25) is 10.0 Å². The van der Waals surface area contributed by atoms with Crippen LogP contribution in [-0.2, 0) is 4.79 Å². The van der Waals surface area contributed by atoms with Crippen LogP contribution in [0.15, 0.2) is 18.2 Å². The highest BCUT2D eigenvalue weighted by molar-refractivity contribution is 6.36. The van der Waals surface area contributed by atoms with Crippen LogP contribution in [0, 0.1) is 5.92 Å². The second kappa shape index (κ2) is 5.91. The molecule has 98 valence electrons. The maximum atomic E-state index is 12.1. The molecule has 0 aliphatic heterocycles. The van der Waals surface area contributed by atoms with Crippen LogP contribution < -0.4 is 11.1 Å². The lowest BCUT2D eigenvalue weighted by molar-refractivity contribution is -0.121. The van der Waals surface area contributed by atoms with Gasteiger partial charge in [0, 0.05) is 11.1 Å². The summed E-state index contributed by atoms with van der Waals surface area (Å²) in [6, 6.07) is 4.96. The molecule has 0 bridgehead atoms. The number of rotatable bonds is 2. The van der Waals surface area contributed by atoms with E-state index in [9.17, 15) is 4.79 Å². The van der Waals surface area contributed by atoms with E-state index in [0.717, 1.165) is 25.7 Å². The summed E-state index contributed by atoms with van der Waals surface area (Å²) in [6.45, 7) is 0. The van der Waals surface area contributed by atoms with Crippen molar-refractivity contribution in [2.45, 2.75) is 31.7 Å². The summed E-state index contributed by atoms with van der Waals surface area (Å²) in [5.74, 6) is -0.170. The SMILES string of the molecule is NC1CCCCC1C(=O)Nc1ccc(Cl)cc1Cl. The molecule has 0 saturated heterocycles. The van der Waals surface area contributed by atoms with Crippen molar-refractivity contribution in [3.63, 3.8) is 0 Å². The van der Waals surface area contributed by atoms with Crippen molar-refractivity contribution in [1.82, 2.24) is 0 Å². The molecule has 2 rings (SSSR count). The molecule has 0 radical (unpaired) electrons. The average Bonchev–Trinajstić information content (AvgIpc) is 2.33. The Morgan fingerprint density at radius 2 is 2.00 bits per heavy atom. The second-order valence-corrected chi connectivity index (χ2v) is 5.51. The average molecular weight is 287 g/mol. The van der Waals surface area contributed by atoms with E-state index in [1.807, 2.05) is 0 Å². The highest BCUT2D eigenvalue weighted by Crippen LogP contribution is 2.28. The van der Waals surface area contributed by atoms with Crippen LogP contribution in [-0.4, -0.2) is 11.9 Å². The molecule has 5 heteroatoms. The summed E-state index contributed by atoms with van der Waals surface area (Å²) in [4.78, 5) is 12.1. The van der Waals surface area contributed by atoms with Gasteiger partial charge in [-0.1, -0.05) is 36.0 Å². The van der Waals surface area contributed by atoms with Gasteiger partial charge in [-0.15, -0.1) is 0 Å². The molecule has 1 aromatic rings. The van der Waals surface area contributed by atoms with E-state index in [2.05, 4.69) is 5.32 Å². The van der Waals surface area contributed by atoms with E-state index in [1.165, 1.54) is 0 Å². The number of benzene rings is 1. The molecule has 1 saturated carbocycles. The number of halogens is 2. The van der Waals surface area contributed by atoms with Gasteiger partial charge < -0.3 is 11.1 Å². The Balaban J connectivity index is 2.06. The minimum Gasteiger partial charge on any atom is -0.327 e. The largest absolute Gasteiger partial charge is 0.327 e. The molecule has 0 heterocycles. The van der Waals surface area contributed by atoms with E-state index in [1.54, 1.807) is 18.2 Å². The number of hydrogen-bond donors (Lipinski definition) is 2. The van der Waals surface area contributed by atoms with Crippen molar-refractivity contribution in [1.29, 1.82) is 0 Å². The van der Waals surface area contributed by atoms with Gasteiger partial charge in [-0.05, 0) is 31.0 Å². The third-order valence-electron chi connectivity index (χ3n) is 3.35. The lowest BCUT2D eigenvalue weighted by atomic mass is 9.84. The third-order valence-corrected chi connectivity index (χ3v) is 3.89. The van der Waals surface area contributed by atoms with Crippen LogP contribution in [0.3, 0.4) is 0 Å². The maximum Gasteiger partial charge on any atom is 0.229 e. The molecule has 1 fully saturated rings. The van der Waals surface area contributed by atoms with E-state index in [0.29, 0.717) is 15.7 Å². The molecule has 3 N–H and O–H groups in total. The monoisotopic (exact) mass is 286 g/mol. The molecule has 3 nitrogen and oxygen atoms in total. The molecule has 1 aliphatic carbocycles. The predicted molar refractivity (Wildman–Crippen MR) is 75.0 cm³/mol. The van der Waals surface area contributed by atoms with Crippen molar-refractivity contribution in [2.75, 3.05) is 5.32 Å². The normalized spacial score (nSPS) is 23.7. The Labute approximate surface area is 117 Å². The first-order chi connectivity index (χ1) is 8.58. The van der Waals surface area contributed by atoms with Gasteiger partial charge in [0.2, 0.25) is 5.91 Å². The van der Waals surface area contributed by atoms with Gasteiger partial charge in [0.15, 0.2) is 0 Å². The van der Waals surface area contributed by atoms with E-state index < -0.39 is 0 Å². The molecule has 0 aromatic heterocycles. The number of anilines is 1. The van der Waals surface area contributed by atoms with Crippen molar-refractivity contribution in [2.24, 2.45) is 11.7 Å². The summed E-state index contributed by atoms with van der Waals surface area (Å²) < 4.78 is 0. The van der Waals surface area contributed by atoms with Gasteiger partial charge in [-0.2, -0.15) is 0 Å². The molecule has 0 spiro atoms. The Morgan fingerprint density at radius 1 is 1.28 bits per heavy atom. The number of carbonyl (C=O) groups excluding carboxylic acids is 1. The van der Waals surface area contributed by atoms with Crippen LogP contribution >= 0.6 is 23.2 Å². The third kappa shape index (κ3) is 3.16. The standard InChI is InChI=1S/C13H16Cl2N2O/c14-8-5-6-12(10(15)7-8)17-13(18)9-3-1-2-4-11(9)16/h5-7,9,11H,1-4,16H2,(H,17,18). The summed E-state index contributed by atoms with van der Waals surface area (Å²) in [6.07, 6.45) is 3.91. The topological polar surface area (TPSA) is 55.1 Å². The number of hydrogen-bond acceptors (Lipinski definition) is 2. The number of nitrogens with one attached hydrogen (secondary N) is 1. The van der Waals surface area contributed by atoms with Crippen molar-refractivity contribution in [3.05, 3.63) is 28.2 Å². The van der Waals surface area contributed by atoms with Crippen molar-refractivity contribution in [3.8, 4) is 0 Å². The van der Waals surface area contributed by atoms with Crippen LogP contribution in [0.4, 0.5) is 5.69 Å². The van der Waals surface area contributed by atoms with E-state index in [-0.39, 0.29) is 17.9 Å². The van der Waals surface area contributed by atoms with Gasteiger partial charge in [-0.3, -0.25) is 4.79 Å². The Bertz CT molecular complexity index is 451. The first-order valence-corrected chi connectivity index (χ1v) is 6.85. The first kappa shape index (κ1) is 13.7. The zero-order valence-corrected chi connectivity index (χ0v) is 11.5. The molecular weight excluding hydrogens is 271 g/mol. The number of carbonyl (C=O) groups is 1. The Morgan fingerprint density at radius 3 is 2.67 bits per heavy atom. The predicted octanol–water partition coefficient (Wildman–Crippen LogP) is 3.45. The van der Waals surface area contributed by atoms with E-state index in [4.69, 9.17) is 28.9 Å². The number of amides is 1. The van der Waals surface area contributed by atoms with Gasteiger partial charge in [0.25, 0.3) is 0 Å². The minimum atomic E-state index is -0.120. The first-order valence-electron chi connectivity index (χ1n) is 6.09. The van der Waals surface area contributed by atoms with Crippen LogP contribution in [0.1, 0.15) is 25.7 Å². The summed E-state index contributed by atoms with van der Waals surface area (Å²) in [5, 5.41) is 3.82. The fourth-order valence-electron chi connectivity index (χ4n) is 2.30. The maximum absolute atomic E-state index is 12.1.